The fraction of sp³-hybridized carbons (Fsp3) is 0.562. The van der Waals surface area contributed by atoms with Gasteiger partial charge < -0.3 is 15.3 Å². The maximum absolute atomic E-state index is 11.0. The van der Waals surface area contributed by atoms with Crippen molar-refractivity contribution in [2.45, 2.75) is 38.5 Å². The number of amides is 1. The monoisotopic (exact) mass is 274 g/mol. The zero-order chi connectivity index (χ0) is 14.1. The lowest BCUT2D eigenvalue weighted by Gasteiger charge is -2.32. The van der Waals surface area contributed by atoms with Gasteiger partial charge in [0.05, 0.1) is 0 Å². The molecule has 1 amide bonds. The van der Waals surface area contributed by atoms with E-state index in [1.807, 2.05) is 0 Å². The summed E-state index contributed by atoms with van der Waals surface area (Å²) in [4.78, 5) is 12.5. The highest BCUT2D eigenvalue weighted by Crippen LogP contribution is 2.34. The van der Waals surface area contributed by atoms with Crippen molar-refractivity contribution < 1.29 is 9.90 Å². The minimum atomic E-state index is -0.783. The lowest BCUT2D eigenvalue weighted by Crippen LogP contribution is -2.37. The second kappa shape index (κ2) is 5.35. The number of nitrogens with zero attached hydrogens (tertiary/aromatic N) is 1. The summed E-state index contributed by atoms with van der Waals surface area (Å²) in [6.45, 7) is 4.57. The quantitative estimate of drug-likeness (QED) is 0.826. The van der Waals surface area contributed by atoms with Crippen molar-refractivity contribution in [2.24, 2.45) is 0 Å². The summed E-state index contributed by atoms with van der Waals surface area (Å²) in [6.07, 6.45) is 3.46. The molecule has 4 heteroatoms. The summed E-state index contributed by atoms with van der Waals surface area (Å²) < 4.78 is 0. The van der Waals surface area contributed by atoms with E-state index in [9.17, 15) is 4.79 Å². The number of fused-ring (bicyclic) bond motifs is 1. The Hall–Kier alpha value is -1.71. The lowest BCUT2D eigenvalue weighted by atomic mass is 9.84. The summed E-state index contributed by atoms with van der Waals surface area (Å²) in [5, 5.41) is 12.5. The highest BCUT2D eigenvalue weighted by molar-refractivity contribution is 5.65. The van der Waals surface area contributed by atoms with E-state index in [4.69, 9.17) is 5.11 Å². The van der Waals surface area contributed by atoms with Crippen molar-refractivity contribution >= 4 is 11.8 Å². The van der Waals surface area contributed by atoms with Crippen LogP contribution in [-0.2, 0) is 6.42 Å². The van der Waals surface area contributed by atoms with E-state index in [0.29, 0.717) is 19.0 Å². The second-order valence-electron chi connectivity index (χ2n) is 5.94. The Balaban J connectivity index is 1.79. The van der Waals surface area contributed by atoms with E-state index < -0.39 is 6.09 Å². The zero-order valence-corrected chi connectivity index (χ0v) is 12.0. The number of hydrogen-bond donors (Lipinski definition) is 2. The van der Waals surface area contributed by atoms with Gasteiger partial charge in [-0.25, -0.2) is 4.79 Å². The zero-order valence-electron chi connectivity index (χ0n) is 12.0. The standard InChI is InChI=1S/C16H22N2O2/c1-11-9-15-13(3-2-6-17-15)10-14(11)12-4-7-18(8-5-12)16(19)20/h9-10,12,17H,2-8H2,1H3,(H,19,20). The maximum Gasteiger partial charge on any atom is 0.407 e. The number of carboxylic acid groups (broad SMARTS) is 1. The number of aryl methyl sites for hydroxylation is 2. The average Bonchev–Trinajstić information content (AvgIpc) is 2.46. The molecule has 0 aliphatic carbocycles. The molecule has 0 bridgehead atoms. The van der Waals surface area contributed by atoms with Gasteiger partial charge in [0.2, 0.25) is 0 Å². The Labute approximate surface area is 119 Å². The van der Waals surface area contributed by atoms with Crippen LogP contribution >= 0.6 is 0 Å². The SMILES string of the molecule is Cc1cc2c(cc1C1CCN(C(=O)O)CC1)CCCN2. The maximum atomic E-state index is 11.0. The van der Waals surface area contributed by atoms with E-state index in [0.717, 1.165) is 25.8 Å². The number of rotatable bonds is 1. The number of benzene rings is 1. The smallest absolute Gasteiger partial charge is 0.407 e. The Morgan fingerprint density at radius 2 is 2.10 bits per heavy atom. The number of carbonyl (C=O) groups is 1. The molecule has 0 unspecified atom stereocenters. The summed E-state index contributed by atoms with van der Waals surface area (Å²) in [7, 11) is 0. The largest absolute Gasteiger partial charge is 0.465 e. The molecule has 2 aliphatic rings. The molecule has 0 atom stereocenters. The van der Waals surface area contributed by atoms with Crippen LogP contribution in [0.3, 0.4) is 0 Å². The molecule has 2 heterocycles. The molecule has 20 heavy (non-hydrogen) atoms. The third-order valence-electron chi connectivity index (χ3n) is 4.64. The van der Waals surface area contributed by atoms with Crippen LogP contribution in [0.15, 0.2) is 12.1 Å². The molecule has 4 nitrogen and oxygen atoms in total. The van der Waals surface area contributed by atoms with Crippen molar-refractivity contribution in [3.8, 4) is 0 Å². The fourth-order valence-corrected chi connectivity index (χ4v) is 3.47. The lowest BCUT2D eigenvalue weighted by molar-refractivity contribution is 0.132. The molecule has 2 aliphatic heterocycles. The third kappa shape index (κ3) is 2.47. The normalized spacial score (nSPS) is 19.4. The van der Waals surface area contributed by atoms with Crippen LogP contribution in [0, 0.1) is 6.92 Å². The van der Waals surface area contributed by atoms with Crippen molar-refractivity contribution in [1.82, 2.24) is 4.90 Å². The van der Waals surface area contributed by atoms with Crippen LogP contribution in [-0.4, -0.2) is 35.7 Å². The van der Waals surface area contributed by atoms with Gasteiger partial charge >= 0.3 is 6.09 Å². The second-order valence-corrected chi connectivity index (χ2v) is 5.94. The van der Waals surface area contributed by atoms with Gasteiger partial charge in [-0.05, 0) is 61.3 Å². The van der Waals surface area contributed by atoms with Crippen LogP contribution in [0.4, 0.5) is 10.5 Å². The first kappa shape index (κ1) is 13.3. The molecule has 1 aromatic rings. The highest BCUT2D eigenvalue weighted by atomic mass is 16.4. The topological polar surface area (TPSA) is 52.6 Å². The predicted molar refractivity (Wildman–Crippen MR) is 79.6 cm³/mol. The van der Waals surface area contributed by atoms with Gasteiger partial charge in [-0.3, -0.25) is 0 Å². The first-order valence-electron chi connectivity index (χ1n) is 7.50. The molecule has 108 valence electrons. The van der Waals surface area contributed by atoms with Gasteiger partial charge in [0.25, 0.3) is 0 Å². The van der Waals surface area contributed by atoms with Gasteiger partial charge in [-0.2, -0.15) is 0 Å². The Morgan fingerprint density at radius 1 is 1.35 bits per heavy atom. The highest BCUT2D eigenvalue weighted by Gasteiger charge is 2.25. The number of hydrogen-bond acceptors (Lipinski definition) is 2. The van der Waals surface area contributed by atoms with E-state index >= 15 is 0 Å². The van der Waals surface area contributed by atoms with Gasteiger partial charge in [0.1, 0.15) is 0 Å². The van der Waals surface area contributed by atoms with Crippen LogP contribution < -0.4 is 5.32 Å². The summed E-state index contributed by atoms with van der Waals surface area (Å²) in [5.41, 5.74) is 5.49. The Morgan fingerprint density at radius 3 is 2.80 bits per heavy atom. The van der Waals surface area contributed by atoms with Crippen molar-refractivity contribution in [2.75, 3.05) is 25.0 Å². The van der Waals surface area contributed by atoms with E-state index in [2.05, 4.69) is 24.4 Å². The Bertz CT molecular complexity index is 519. The molecule has 0 spiro atoms. The van der Waals surface area contributed by atoms with Crippen LogP contribution in [0.2, 0.25) is 0 Å². The number of piperidine rings is 1. The van der Waals surface area contributed by atoms with E-state index in [-0.39, 0.29) is 0 Å². The molecule has 1 fully saturated rings. The van der Waals surface area contributed by atoms with E-state index in [1.165, 1.54) is 33.7 Å². The predicted octanol–water partition coefficient (Wildman–Crippen LogP) is 3.21. The summed E-state index contributed by atoms with van der Waals surface area (Å²) in [5.74, 6) is 0.512. The minimum Gasteiger partial charge on any atom is -0.465 e. The molecule has 0 radical (unpaired) electrons. The first-order valence-corrected chi connectivity index (χ1v) is 7.50. The fourth-order valence-electron chi connectivity index (χ4n) is 3.47. The number of likely N-dealkylation sites (tertiary alicyclic amines) is 1. The van der Waals surface area contributed by atoms with Crippen molar-refractivity contribution in [1.29, 1.82) is 0 Å². The van der Waals surface area contributed by atoms with Gasteiger partial charge in [-0.15, -0.1) is 0 Å². The third-order valence-corrected chi connectivity index (χ3v) is 4.64. The van der Waals surface area contributed by atoms with Crippen molar-refractivity contribution in [3.63, 3.8) is 0 Å². The van der Waals surface area contributed by atoms with Crippen molar-refractivity contribution in [3.05, 3.63) is 28.8 Å². The number of anilines is 1. The van der Waals surface area contributed by atoms with E-state index in [1.54, 1.807) is 0 Å². The molecule has 0 aromatic heterocycles. The van der Waals surface area contributed by atoms with Gasteiger partial charge in [0, 0.05) is 25.3 Å². The summed E-state index contributed by atoms with van der Waals surface area (Å²) >= 11 is 0. The number of nitrogens with one attached hydrogen (secondary N) is 1. The van der Waals surface area contributed by atoms with Crippen LogP contribution in [0.25, 0.3) is 0 Å². The molecule has 1 aromatic carbocycles. The summed E-state index contributed by atoms with van der Waals surface area (Å²) in [6, 6.07) is 4.63. The molecule has 1 saturated heterocycles. The Kier molecular flexibility index (Phi) is 3.55. The molecule has 2 N–H and O–H groups in total. The molecule has 3 rings (SSSR count). The van der Waals surface area contributed by atoms with Gasteiger partial charge in [-0.1, -0.05) is 6.07 Å². The molecular weight excluding hydrogens is 252 g/mol. The first-order chi connectivity index (χ1) is 9.65. The van der Waals surface area contributed by atoms with Crippen LogP contribution in [0.1, 0.15) is 41.9 Å². The van der Waals surface area contributed by atoms with Crippen LogP contribution in [0.5, 0.6) is 0 Å². The minimum absolute atomic E-state index is 0.512. The average molecular weight is 274 g/mol. The molecule has 0 saturated carbocycles. The van der Waals surface area contributed by atoms with Gasteiger partial charge in [0.15, 0.2) is 0 Å². The molecular formula is C16H22N2O2.